The smallest absolute Gasteiger partial charge is 0.416 e. The Morgan fingerprint density at radius 2 is 1.68 bits per heavy atom. The van der Waals surface area contributed by atoms with Gasteiger partial charge in [0.1, 0.15) is 5.75 Å². The van der Waals surface area contributed by atoms with Crippen LogP contribution in [0.2, 0.25) is 0 Å². The predicted octanol–water partition coefficient (Wildman–Crippen LogP) is 5.21. The number of carbonyl (C=O) groups is 1. The molecule has 0 fully saturated rings. The standard InChI is InChI=1S/C18H13F3N2O2/c19-18(20,21)12-5-3-6-13(10-12)22-17(25)23-16-14-7-2-1-4-11(14)8-9-15(16)24/h1-10,24H,(H2,22,23,25). The molecule has 0 unspecified atom stereocenters. The molecule has 128 valence electrons. The van der Waals surface area contributed by atoms with Crippen LogP contribution in [0.1, 0.15) is 5.56 Å². The molecule has 0 bridgehead atoms. The summed E-state index contributed by atoms with van der Waals surface area (Å²) in [5, 5.41) is 16.2. The summed E-state index contributed by atoms with van der Waals surface area (Å²) in [4.78, 5) is 12.1. The quantitative estimate of drug-likeness (QED) is 0.558. The van der Waals surface area contributed by atoms with Gasteiger partial charge in [-0.25, -0.2) is 4.79 Å². The third-order valence-electron chi connectivity index (χ3n) is 3.59. The van der Waals surface area contributed by atoms with Gasteiger partial charge in [-0.1, -0.05) is 36.4 Å². The Balaban J connectivity index is 1.83. The van der Waals surface area contributed by atoms with Crippen LogP contribution in [0.4, 0.5) is 29.3 Å². The van der Waals surface area contributed by atoms with Gasteiger partial charge in [0.05, 0.1) is 11.3 Å². The number of aromatic hydroxyl groups is 1. The number of hydrogen-bond acceptors (Lipinski definition) is 2. The lowest BCUT2D eigenvalue weighted by atomic mass is 10.1. The first-order valence-corrected chi connectivity index (χ1v) is 7.30. The second kappa shape index (κ2) is 6.35. The number of rotatable bonds is 2. The van der Waals surface area contributed by atoms with E-state index in [4.69, 9.17) is 0 Å². The molecule has 3 aromatic rings. The Kier molecular flexibility index (Phi) is 4.22. The maximum Gasteiger partial charge on any atom is 0.416 e. The van der Waals surface area contributed by atoms with Gasteiger partial charge in [-0.2, -0.15) is 13.2 Å². The highest BCUT2D eigenvalue weighted by Crippen LogP contribution is 2.33. The number of phenols is 1. The largest absolute Gasteiger partial charge is 0.506 e. The fourth-order valence-corrected chi connectivity index (χ4v) is 2.44. The molecule has 4 nitrogen and oxygen atoms in total. The summed E-state index contributed by atoms with van der Waals surface area (Å²) < 4.78 is 38.2. The van der Waals surface area contributed by atoms with Gasteiger partial charge >= 0.3 is 12.2 Å². The zero-order valence-electron chi connectivity index (χ0n) is 12.8. The lowest BCUT2D eigenvalue weighted by Crippen LogP contribution is -2.20. The van der Waals surface area contributed by atoms with E-state index in [1.54, 1.807) is 18.2 Å². The monoisotopic (exact) mass is 346 g/mol. The SMILES string of the molecule is O=C(Nc1cccc(C(F)(F)F)c1)Nc1c(O)ccc2ccccc12. The number of halogens is 3. The third kappa shape index (κ3) is 3.65. The number of carbonyl (C=O) groups excluding carboxylic acids is 1. The van der Waals surface area contributed by atoms with Crippen molar-refractivity contribution in [1.29, 1.82) is 0 Å². The van der Waals surface area contributed by atoms with Crippen LogP contribution in [-0.2, 0) is 6.18 Å². The Labute approximate surface area is 140 Å². The van der Waals surface area contributed by atoms with E-state index in [-0.39, 0.29) is 17.1 Å². The molecular formula is C18H13F3N2O2. The van der Waals surface area contributed by atoms with E-state index in [1.807, 2.05) is 12.1 Å². The number of fused-ring (bicyclic) bond motifs is 1. The van der Waals surface area contributed by atoms with Crippen molar-refractivity contribution in [3.05, 3.63) is 66.2 Å². The minimum absolute atomic E-state index is 0.00736. The van der Waals surface area contributed by atoms with Crippen LogP contribution in [0.5, 0.6) is 5.75 Å². The van der Waals surface area contributed by atoms with Crippen molar-refractivity contribution in [3.63, 3.8) is 0 Å². The number of hydrogen-bond donors (Lipinski definition) is 3. The third-order valence-corrected chi connectivity index (χ3v) is 3.59. The van der Waals surface area contributed by atoms with E-state index in [9.17, 15) is 23.1 Å². The highest BCUT2D eigenvalue weighted by molar-refractivity contribution is 6.08. The van der Waals surface area contributed by atoms with Crippen LogP contribution in [-0.4, -0.2) is 11.1 Å². The van der Waals surface area contributed by atoms with Gasteiger partial charge < -0.3 is 15.7 Å². The van der Waals surface area contributed by atoms with Crippen molar-refractivity contribution >= 4 is 28.2 Å². The highest BCUT2D eigenvalue weighted by Gasteiger charge is 2.30. The Bertz CT molecular complexity index is 939. The molecule has 7 heteroatoms. The van der Waals surface area contributed by atoms with Crippen LogP contribution in [0, 0.1) is 0 Å². The maximum absolute atomic E-state index is 12.7. The van der Waals surface area contributed by atoms with Gasteiger partial charge in [0.25, 0.3) is 0 Å². The highest BCUT2D eigenvalue weighted by atomic mass is 19.4. The normalized spacial score (nSPS) is 11.3. The molecule has 0 atom stereocenters. The van der Waals surface area contributed by atoms with Gasteiger partial charge in [-0.15, -0.1) is 0 Å². The van der Waals surface area contributed by atoms with Gasteiger partial charge in [-0.3, -0.25) is 0 Å². The molecule has 0 saturated carbocycles. The van der Waals surface area contributed by atoms with Crippen LogP contribution >= 0.6 is 0 Å². The van der Waals surface area contributed by atoms with Crippen molar-refractivity contribution < 1.29 is 23.1 Å². The topological polar surface area (TPSA) is 61.4 Å². The second-order valence-electron chi connectivity index (χ2n) is 5.34. The number of amides is 2. The molecule has 0 aliphatic carbocycles. The molecule has 2 amide bonds. The van der Waals surface area contributed by atoms with Gasteiger partial charge in [0.15, 0.2) is 0 Å². The molecule has 25 heavy (non-hydrogen) atoms. The molecule has 0 radical (unpaired) electrons. The van der Waals surface area contributed by atoms with E-state index in [1.165, 1.54) is 18.2 Å². The van der Waals surface area contributed by atoms with E-state index in [2.05, 4.69) is 10.6 Å². The van der Waals surface area contributed by atoms with Crippen molar-refractivity contribution in [2.24, 2.45) is 0 Å². The summed E-state index contributed by atoms with van der Waals surface area (Å²) in [5.74, 6) is -0.141. The second-order valence-corrected chi connectivity index (χ2v) is 5.34. The van der Waals surface area contributed by atoms with E-state index in [0.29, 0.717) is 5.39 Å². The maximum atomic E-state index is 12.7. The summed E-state index contributed by atoms with van der Waals surface area (Å²) in [6.07, 6.45) is -4.50. The molecule has 0 heterocycles. The average molecular weight is 346 g/mol. The summed E-state index contributed by atoms with van der Waals surface area (Å²) in [7, 11) is 0. The number of alkyl halides is 3. The predicted molar refractivity (Wildman–Crippen MR) is 89.7 cm³/mol. The number of anilines is 2. The average Bonchev–Trinajstić information content (AvgIpc) is 2.57. The van der Waals surface area contributed by atoms with Crippen molar-refractivity contribution in [1.82, 2.24) is 0 Å². The Hall–Kier alpha value is -3.22. The van der Waals surface area contributed by atoms with Crippen molar-refractivity contribution in [2.45, 2.75) is 6.18 Å². The van der Waals surface area contributed by atoms with Gasteiger partial charge in [-0.05, 0) is 29.7 Å². The Morgan fingerprint density at radius 1 is 0.920 bits per heavy atom. The minimum atomic E-state index is -4.50. The first-order chi connectivity index (χ1) is 11.8. The number of nitrogens with one attached hydrogen (secondary N) is 2. The summed E-state index contributed by atoms with van der Waals surface area (Å²) in [5.41, 5.74) is -0.687. The summed E-state index contributed by atoms with van der Waals surface area (Å²) >= 11 is 0. The zero-order valence-corrected chi connectivity index (χ0v) is 12.8. The van der Waals surface area contributed by atoms with Crippen LogP contribution in [0.3, 0.4) is 0 Å². The lowest BCUT2D eigenvalue weighted by molar-refractivity contribution is -0.137. The van der Waals surface area contributed by atoms with E-state index < -0.39 is 17.8 Å². The molecule has 0 aliphatic heterocycles. The molecule has 0 saturated heterocycles. The summed E-state index contributed by atoms with van der Waals surface area (Å²) in [6.45, 7) is 0. The number of urea groups is 1. The molecule has 0 aliphatic rings. The molecule has 3 rings (SSSR count). The first kappa shape index (κ1) is 16.6. The molecule has 3 N–H and O–H groups in total. The fraction of sp³-hybridized carbons (Fsp3) is 0.0556. The van der Waals surface area contributed by atoms with Gasteiger partial charge in [0, 0.05) is 11.1 Å². The van der Waals surface area contributed by atoms with Crippen LogP contribution < -0.4 is 10.6 Å². The van der Waals surface area contributed by atoms with Gasteiger partial charge in [0.2, 0.25) is 0 Å². The van der Waals surface area contributed by atoms with E-state index in [0.717, 1.165) is 17.5 Å². The number of phenolic OH excluding ortho intramolecular Hbond substituents is 1. The Morgan fingerprint density at radius 3 is 2.44 bits per heavy atom. The van der Waals surface area contributed by atoms with Crippen LogP contribution in [0.15, 0.2) is 60.7 Å². The van der Waals surface area contributed by atoms with Crippen molar-refractivity contribution in [2.75, 3.05) is 10.6 Å². The van der Waals surface area contributed by atoms with E-state index >= 15 is 0 Å². The van der Waals surface area contributed by atoms with Crippen molar-refractivity contribution in [3.8, 4) is 5.75 Å². The minimum Gasteiger partial charge on any atom is -0.506 e. The van der Waals surface area contributed by atoms with Crippen LogP contribution in [0.25, 0.3) is 10.8 Å². The number of benzene rings is 3. The lowest BCUT2D eigenvalue weighted by Gasteiger charge is -2.13. The molecule has 0 spiro atoms. The fourth-order valence-electron chi connectivity index (χ4n) is 2.44. The first-order valence-electron chi connectivity index (χ1n) is 7.30. The zero-order chi connectivity index (χ0) is 18.0. The molecule has 3 aromatic carbocycles. The summed E-state index contributed by atoms with van der Waals surface area (Å²) in [6, 6.07) is 13.8. The molecule has 0 aromatic heterocycles. The molecular weight excluding hydrogens is 333 g/mol.